The number of halogens is 1. The molecule has 1 heteroatoms. The van der Waals surface area contributed by atoms with E-state index in [0.717, 1.165) is 5.33 Å². The first-order valence-electron chi connectivity index (χ1n) is 4.25. The summed E-state index contributed by atoms with van der Waals surface area (Å²) < 4.78 is 0. The minimum atomic E-state index is 0.468. The fourth-order valence-corrected chi connectivity index (χ4v) is 1.49. The molecule has 0 radical (unpaired) electrons. The molecule has 0 aromatic carbocycles. The summed E-state index contributed by atoms with van der Waals surface area (Å²) in [6.07, 6.45) is 4.68. The third-order valence-corrected chi connectivity index (χ3v) is 2.96. The molecule has 0 aliphatic heterocycles. The van der Waals surface area contributed by atoms with Gasteiger partial charge in [0.15, 0.2) is 0 Å². The fourth-order valence-electron chi connectivity index (χ4n) is 0.966. The van der Waals surface area contributed by atoms with E-state index in [4.69, 9.17) is 0 Å². The molecular formula is C10H19Br. The predicted molar refractivity (Wildman–Crippen MR) is 56.2 cm³/mol. The average Bonchev–Trinajstić information content (AvgIpc) is 2.00. The summed E-state index contributed by atoms with van der Waals surface area (Å²) in [5, 5.41) is 1.02. The van der Waals surface area contributed by atoms with Crippen molar-refractivity contribution in [3.8, 4) is 0 Å². The van der Waals surface area contributed by atoms with Gasteiger partial charge in [0.25, 0.3) is 0 Å². The summed E-state index contributed by atoms with van der Waals surface area (Å²) in [5.74, 6) is 0. The van der Waals surface area contributed by atoms with Crippen LogP contribution in [0.1, 0.15) is 40.5 Å². The average molecular weight is 219 g/mol. The van der Waals surface area contributed by atoms with Crippen molar-refractivity contribution in [1.82, 2.24) is 0 Å². The lowest BCUT2D eigenvalue weighted by Crippen LogP contribution is -2.10. The van der Waals surface area contributed by atoms with Crippen LogP contribution < -0.4 is 0 Å². The molecule has 0 aromatic heterocycles. The Labute approximate surface area is 79.2 Å². The summed E-state index contributed by atoms with van der Waals surface area (Å²) in [6, 6.07) is 0. The molecular weight excluding hydrogens is 200 g/mol. The van der Waals surface area contributed by atoms with Crippen LogP contribution in [0.5, 0.6) is 0 Å². The Bertz CT molecular complexity index is 134. The number of rotatable bonds is 4. The maximum absolute atomic E-state index is 3.49. The molecule has 0 saturated heterocycles. The molecule has 0 atom stereocenters. The van der Waals surface area contributed by atoms with E-state index < -0.39 is 0 Å². The molecule has 0 amide bonds. The van der Waals surface area contributed by atoms with E-state index in [9.17, 15) is 0 Å². The van der Waals surface area contributed by atoms with Crippen LogP contribution in [0.25, 0.3) is 0 Å². The van der Waals surface area contributed by atoms with Gasteiger partial charge in [-0.1, -0.05) is 54.8 Å². The van der Waals surface area contributed by atoms with Crippen LogP contribution in [0.15, 0.2) is 11.6 Å². The normalized spacial score (nSPS) is 13.7. The molecule has 0 nitrogen and oxygen atoms in total. The largest absolute Gasteiger partial charge is 0.0880 e. The molecule has 0 saturated carbocycles. The van der Waals surface area contributed by atoms with E-state index in [0.29, 0.717) is 5.41 Å². The lowest BCUT2D eigenvalue weighted by molar-refractivity contribution is 0.348. The van der Waals surface area contributed by atoms with Crippen molar-refractivity contribution in [2.24, 2.45) is 5.41 Å². The van der Waals surface area contributed by atoms with E-state index >= 15 is 0 Å². The minimum absolute atomic E-state index is 0.468. The third-order valence-electron chi connectivity index (χ3n) is 2.24. The second-order valence-electron chi connectivity index (χ2n) is 3.78. The highest BCUT2D eigenvalue weighted by Gasteiger charge is 2.15. The van der Waals surface area contributed by atoms with Gasteiger partial charge in [0.2, 0.25) is 0 Å². The molecule has 0 heterocycles. The number of hydrogen-bond acceptors (Lipinski definition) is 0. The lowest BCUT2D eigenvalue weighted by Gasteiger charge is -2.23. The first kappa shape index (κ1) is 11.2. The van der Waals surface area contributed by atoms with E-state index in [2.05, 4.69) is 49.7 Å². The second kappa shape index (κ2) is 4.97. The van der Waals surface area contributed by atoms with Crippen LogP contribution in [0.4, 0.5) is 0 Å². The van der Waals surface area contributed by atoms with Crippen LogP contribution in [0.3, 0.4) is 0 Å². The van der Waals surface area contributed by atoms with E-state index in [1.165, 1.54) is 18.4 Å². The zero-order valence-electron chi connectivity index (χ0n) is 8.08. The molecule has 11 heavy (non-hydrogen) atoms. The first-order chi connectivity index (χ1) is 5.05. The predicted octanol–water partition coefficient (Wildman–Crippen LogP) is 4.15. The molecule has 0 aromatic rings. The van der Waals surface area contributed by atoms with Gasteiger partial charge in [-0.25, -0.2) is 0 Å². The van der Waals surface area contributed by atoms with Crippen molar-refractivity contribution >= 4 is 15.9 Å². The summed E-state index contributed by atoms with van der Waals surface area (Å²) in [4.78, 5) is 0. The van der Waals surface area contributed by atoms with Gasteiger partial charge in [0.1, 0.15) is 0 Å². The van der Waals surface area contributed by atoms with Crippen LogP contribution in [-0.2, 0) is 0 Å². The third kappa shape index (κ3) is 4.62. The van der Waals surface area contributed by atoms with Gasteiger partial charge >= 0.3 is 0 Å². The van der Waals surface area contributed by atoms with Crippen LogP contribution >= 0.6 is 15.9 Å². The van der Waals surface area contributed by atoms with Crippen molar-refractivity contribution < 1.29 is 0 Å². The van der Waals surface area contributed by atoms with Gasteiger partial charge in [-0.2, -0.15) is 0 Å². The van der Waals surface area contributed by atoms with Crippen molar-refractivity contribution in [2.45, 2.75) is 40.5 Å². The molecule has 0 aliphatic carbocycles. The molecule has 0 unspecified atom stereocenters. The van der Waals surface area contributed by atoms with Gasteiger partial charge in [-0.15, -0.1) is 0 Å². The summed E-state index contributed by atoms with van der Waals surface area (Å²) >= 11 is 3.49. The van der Waals surface area contributed by atoms with E-state index in [-0.39, 0.29) is 0 Å². The SMILES string of the molecule is C/C=C(\CBr)CC(C)(C)CC. The second-order valence-corrected chi connectivity index (χ2v) is 4.34. The van der Waals surface area contributed by atoms with Crippen molar-refractivity contribution in [3.63, 3.8) is 0 Å². The van der Waals surface area contributed by atoms with Crippen molar-refractivity contribution in [1.29, 1.82) is 0 Å². The summed E-state index contributed by atoms with van der Waals surface area (Å²) in [5.41, 5.74) is 1.98. The lowest BCUT2D eigenvalue weighted by atomic mass is 9.83. The number of allylic oxidation sites excluding steroid dienone is 2. The van der Waals surface area contributed by atoms with Crippen LogP contribution in [-0.4, -0.2) is 5.33 Å². The van der Waals surface area contributed by atoms with Crippen molar-refractivity contribution in [3.05, 3.63) is 11.6 Å². The molecule has 0 fully saturated rings. The standard InChI is InChI=1S/C10H19Br/c1-5-9(8-11)7-10(3,4)6-2/h5H,6-8H2,1-4H3/b9-5-. The molecule has 0 N–H and O–H groups in total. The maximum Gasteiger partial charge on any atom is 0.0241 e. The first-order valence-corrected chi connectivity index (χ1v) is 5.38. The van der Waals surface area contributed by atoms with Crippen molar-refractivity contribution in [2.75, 3.05) is 5.33 Å². The van der Waals surface area contributed by atoms with Gasteiger partial charge in [-0.05, 0) is 18.8 Å². The van der Waals surface area contributed by atoms with E-state index in [1.54, 1.807) is 0 Å². The van der Waals surface area contributed by atoms with Crippen LogP contribution in [0.2, 0.25) is 0 Å². The molecule has 0 spiro atoms. The highest BCUT2D eigenvalue weighted by Crippen LogP contribution is 2.29. The molecule has 66 valence electrons. The summed E-state index contributed by atoms with van der Waals surface area (Å²) in [7, 11) is 0. The zero-order valence-corrected chi connectivity index (χ0v) is 9.66. The topological polar surface area (TPSA) is 0 Å². The van der Waals surface area contributed by atoms with Gasteiger partial charge < -0.3 is 0 Å². The van der Waals surface area contributed by atoms with Gasteiger partial charge in [-0.3, -0.25) is 0 Å². The fraction of sp³-hybridized carbons (Fsp3) is 0.800. The zero-order chi connectivity index (χ0) is 8.91. The Hall–Kier alpha value is 0.220. The quantitative estimate of drug-likeness (QED) is 0.492. The highest BCUT2D eigenvalue weighted by atomic mass is 79.9. The van der Waals surface area contributed by atoms with Gasteiger partial charge in [0.05, 0.1) is 0 Å². The maximum atomic E-state index is 3.49. The number of hydrogen-bond donors (Lipinski definition) is 0. The van der Waals surface area contributed by atoms with Crippen LogP contribution in [0, 0.1) is 5.41 Å². The minimum Gasteiger partial charge on any atom is -0.0880 e. The Morgan fingerprint density at radius 1 is 1.45 bits per heavy atom. The Kier molecular flexibility index (Phi) is 5.07. The molecule has 0 rings (SSSR count). The smallest absolute Gasteiger partial charge is 0.0241 e. The highest BCUT2D eigenvalue weighted by molar-refractivity contribution is 9.09. The molecule has 0 aliphatic rings. The van der Waals surface area contributed by atoms with E-state index in [1.807, 2.05) is 0 Å². The van der Waals surface area contributed by atoms with Gasteiger partial charge in [0, 0.05) is 5.33 Å². The Morgan fingerprint density at radius 3 is 2.27 bits per heavy atom. The Morgan fingerprint density at radius 2 is 2.00 bits per heavy atom. The monoisotopic (exact) mass is 218 g/mol. The number of alkyl halides is 1. The Balaban J connectivity index is 4.01. The summed E-state index contributed by atoms with van der Waals surface area (Å²) in [6.45, 7) is 9.00. The molecule has 0 bridgehead atoms.